The molecule has 0 aliphatic heterocycles. The van der Waals surface area contributed by atoms with E-state index in [0.717, 1.165) is 18.4 Å². The number of nitrogens with one attached hydrogen (secondary N) is 2. The van der Waals surface area contributed by atoms with Gasteiger partial charge in [0, 0.05) is 31.1 Å². The van der Waals surface area contributed by atoms with E-state index in [9.17, 15) is 14.4 Å². The van der Waals surface area contributed by atoms with Crippen LogP contribution in [-0.4, -0.2) is 61.0 Å². The number of aryl methyl sites for hydroxylation is 1. The number of hydrogen-bond acceptors (Lipinski definition) is 6. The smallest absolute Gasteiger partial charge is 0.254 e. The molecule has 2 N–H and O–H groups in total. The van der Waals surface area contributed by atoms with Crippen molar-refractivity contribution in [3.8, 4) is 0 Å². The van der Waals surface area contributed by atoms with Crippen molar-refractivity contribution in [2.75, 3.05) is 38.7 Å². The van der Waals surface area contributed by atoms with Crippen LogP contribution in [0.3, 0.4) is 0 Å². The van der Waals surface area contributed by atoms with Gasteiger partial charge in [-0.05, 0) is 25.5 Å². The third-order valence-corrected chi connectivity index (χ3v) is 5.28. The molecule has 0 aliphatic carbocycles. The predicted molar refractivity (Wildman–Crippen MR) is 121 cm³/mol. The maximum Gasteiger partial charge on any atom is 0.254 e. The Bertz CT molecular complexity index is 867. The van der Waals surface area contributed by atoms with Gasteiger partial charge < -0.3 is 20.3 Å². The number of nitrogens with zero attached hydrogens (tertiary/aromatic N) is 2. The zero-order chi connectivity index (χ0) is 22.6. The first-order valence-electron chi connectivity index (χ1n) is 10.3. The third kappa shape index (κ3) is 8.47. The molecule has 168 valence electrons. The van der Waals surface area contributed by atoms with E-state index >= 15 is 0 Å². The summed E-state index contributed by atoms with van der Waals surface area (Å²) in [5.74, 6) is -0.688. The minimum absolute atomic E-state index is 0.0916. The third-order valence-electron chi connectivity index (χ3n) is 4.48. The Hall–Kier alpha value is -2.78. The van der Waals surface area contributed by atoms with Crippen LogP contribution in [0, 0.1) is 6.92 Å². The summed E-state index contributed by atoms with van der Waals surface area (Å²) >= 11 is 1.25. The Balaban J connectivity index is 1.93. The van der Waals surface area contributed by atoms with Crippen molar-refractivity contribution in [2.45, 2.75) is 33.1 Å². The number of ether oxygens (including phenoxy) is 1. The summed E-state index contributed by atoms with van der Waals surface area (Å²) in [6.45, 7) is 5.14. The van der Waals surface area contributed by atoms with Crippen LogP contribution >= 0.6 is 11.3 Å². The first kappa shape index (κ1) is 24.5. The van der Waals surface area contributed by atoms with Crippen LogP contribution in [0.15, 0.2) is 29.6 Å². The number of aromatic nitrogens is 1. The summed E-state index contributed by atoms with van der Waals surface area (Å²) in [6.07, 6.45) is 2.12. The van der Waals surface area contributed by atoms with E-state index in [1.165, 1.54) is 16.2 Å². The highest BCUT2D eigenvalue weighted by Crippen LogP contribution is 2.16. The fourth-order valence-corrected chi connectivity index (χ4v) is 3.47. The zero-order valence-corrected chi connectivity index (χ0v) is 19.1. The number of methoxy groups -OCH3 is 1. The van der Waals surface area contributed by atoms with E-state index in [4.69, 9.17) is 4.74 Å². The molecule has 1 aromatic heterocycles. The summed E-state index contributed by atoms with van der Waals surface area (Å²) in [7, 11) is 1.55. The lowest BCUT2D eigenvalue weighted by atomic mass is 10.1. The van der Waals surface area contributed by atoms with E-state index in [0.29, 0.717) is 29.5 Å². The average Bonchev–Trinajstić information content (AvgIpc) is 3.17. The van der Waals surface area contributed by atoms with E-state index in [-0.39, 0.29) is 37.2 Å². The van der Waals surface area contributed by atoms with Crippen LogP contribution in [0.2, 0.25) is 0 Å². The Morgan fingerprint density at radius 1 is 1.16 bits per heavy atom. The van der Waals surface area contributed by atoms with Crippen molar-refractivity contribution in [3.63, 3.8) is 0 Å². The lowest BCUT2D eigenvalue weighted by Gasteiger charge is -2.21. The van der Waals surface area contributed by atoms with E-state index in [1.54, 1.807) is 24.6 Å². The van der Waals surface area contributed by atoms with Crippen LogP contribution in [-0.2, 0) is 20.7 Å². The molecule has 8 nitrogen and oxygen atoms in total. The molecule has 2 rings (SSSR count). The number of thiazole rings is 1. The highest BCUT2D eigenvalue weighted by Gasteiger charge is 2.19. The average molecular weight is 447 g/mol. The molecule has 0 unspecified atom stereocenters. The van der Waals surface area contributed by atoms with Gasteiger partial charge in [0.25, 0.3) is 5.91 Å². The van der Waals surface area contributed by atoms with E-state index < -0.39 is 0 Å². The van der Waals surface area contributed by atoms with Gasteiger partial charge in [-0.3, -0.25) is 14.4 Å². The monoisotopic (exact) mass is 446 g/mol. The lowest BCUT2D eigenvalue weighted by Crippen LogP contribution is -2.40. The minimum Gasteiger partial charge on any atom is -0.383 e. The largest absolute Gasteiger partial charge is 0.383 e. The van der Waals surface area contributed by atoms with Crippen LogP contribution in [0.4, 0.5) is 5.13 Å². The quantitative estimate of drug-likeness (QED) is 0.488. The molecule has 3 amide bonds. The minimum atomic E-state index is -0.357. The summed E-state index contributed by atoms with van der Waals surface area (Å²) in [5, 5.41) is 7.70. The number of hydrogen-bond donors (Lipinski definition) is 2. The second-order valence-electron chi connectivity index (χ2n) is 7.16. The molecule has 9 heteroatoms. The molecule has 0 saturated heterocycles. The topological polar surface area (TPSA) is 101 Å². The molecular formula is C22H30N4O4S. The van der Waals surface area contributed by atoms with Gasteiger partial charge in [0.05, 0.1) is 18.7 Å². The maximum absolute atomic E-state index is 12.8. The highest BCUT2D eigenvalue weighted by atomic mass is 32.1. The molecule has 0 fully saturated rings. The van der Waals surface area contributed by atoms with Crippen molar-refractivity contribution in [2.24, 2.45) is 0 Å². The zero-order valence-electron chi connectivity index (χ0n) is 18.3. The van der Waals surface area contributed by atoms with Crippen LogP contribution in [0.1, 0.15) is 41.4 Å². The van der Waals surface area contributed by atoms with Crippen molar-refractivity contribution in [1.29, 1.82) is 0 Å². The van der Waals surface area contributed by atoms with Crippen molar-refractivity contribution >= 4 is 34.2 Å². The number of carbonyl (C=O) groups excluding carboxylic acids is 3. The second-order valence-corrected chi connectivity index (χ2v) is 8.02. The fourth-order valence-electron chi connectivity index (χ4n) is 2.74. The molecule has 0 saturated carbocycles. The van der Waals surface area contributed by atoms with Crippen molar-refractivity contribution in [1.82, 2.24) is 15.2 Å². The maximum atomic E-state index is 12.8. The number of amides is 3. The molecule has 1 aromatic carbocycles. The summed E-state index contributed by atoms with van der Waals surface area (Å²) < 4.78 is 5.08. The number of carbonyl (C=O) groups is 3. The molecule has 31 heavy (non-hydrogen) atoms. The van der Waals surface area contributed by atoms with Gasteiger partial charge in [0.15, 0.2) is 5.13 Å². The van der Waals surface area contributed by atoms with E-state index in [2.05, 4.69) is 22.5 Å². The first-order valence-corrected chi connectivity index (χ1v) is 11.2. The Labute approximate surface area is 187 Å². The van der Waals surface area contributed by atoms with Gasteiger partial charge in [-0.15, -0.1) is 11.3 Å². The van der Waals surface area contributed by atoms with Crippen LogP contribution in [0.25, 0.3) is 0 Å². The molecule has 0 bridgehead atoms. The van der Waals surface area contributed by atoms with Crippen LogP contribution < -0.4 is 10.6 Å². The normalized spacial score (nSPS) is 10.5. The molecule has 1 heterocycles. The summed E-state index contributed by atoms with van der Waals surface area (Å²) in [6, 6.07) is 7.21. The molecule has 0 aliphatic rings. The van der Waals surface area contributed by atoms with Gasteiger partial charge in [-0.1, -0.05) is 31.0 Å². The molecule has 2 aromatic rings. The Morgan fingerprint density at radius 3 is 2.58 bits per heavy atom. The number of benzene rings is 1. The fraction of sp³-hybridized carbons (Fsp3) is 0.455. The summed E-state index contributed by atoms with van der Waals surface area (Å²) in [4.78, 5) is 43.0. The van der Waals surface area contributed by atoms with Gasteiger partial charge >= 0.3 is 0 Å². The summed E-state index contributed by atoms with van der Waals surface area (Å²) in [5.41, 5.74) is 2.16. The SMILES string of the molecule is CCCCNC(=O)Cc1csc(NC(=O)CN(CCOC)C(=O)c2ccc(C)cc2)n1. The number of anilines is 1. The molecule has 0 spiro atoms. The van der Waals surface area contributed by atoms with Crippen molar-refractivity contribution < 1.29 is 19.1 Å². The Morgan fingerprint density at radius 2 is 1.90 bits per heavy atom. The van der Waals surface area contributed by atoms with Gasteiger partial charge in [0.1, 0.15) is 6.54 Å². The van der Waals surface area contributed by atoms with Crippen molar-refractivity contribution in [3.05, 3.63) is 46.5 Å². The van der Waals surface area contributed by atoms with E-state index in [1.807, 2.05) is 19.1 Å². The first-order chi connectivity index (χ1) is 14.9. The molecule has 0 radical (unpaired) electrons. The van der Waals surface area contributed by atoms with Gasteiger partial charge in [-0.2, -0.15) is 0 Å². The molecular weight excluding hydrogens is 416 g/mol. The Kier molecular flexibility index (Phi) is 10.1. The highest BCUT2D eigenvalue weighted by molar-refractivity contribution is 7.13. The molecule has 0 atom stereocenters. The number of rotatable bonds is 12. The van der Waals surface area contributed by atoms with Gasteiger partial charge in [0.2, 0.25) is 11.8 Å². The van der Waals surface area contributed by atoms with Gasteiger partial charge in [-0.25, -0.2) is 4.98 Å². The lowest BCUT2D eigenvalue weighted by molar-refractivity contribution is -0.120. The predicted octanol–water partition coefficient (Wildman–Crippen LogP) is 2.64. The number of unbranched alkanes of at least 4 members (excludes halogenated alkanes) is 1. The standard InChI is InChI=1S/C22H30N4O4S/c1-4-5-10-23-19(27)13-18-15-31-22(24-18)25-20(28)14-26(11-12-30-3)21(29)17-8-6-16(2)7-9-17/h6-9,15H,4-5,10-14H2,1-3H3,(H,23,27)(H,24,25,28). The van der Waals surface area contributed by atoms with Crippen LogP contribution in [0.5, 0.6) is 0 Å². The second kappa shape index (κ2) is 12.8.